The van der Waals surface area contributed by atoms with Gasteiger partial charge < -0.3 is 4.74 Å². The lowest BCUT2D eigenvalue weighted by molar-refractivity contribution is -0.139. The van der Waals surface area contributed by atoms with Crippen LogP contribution in [0.2, 0.25) is 0 Å². The average Bonchev–Trinajstić information content (AvgIpc) is 2.29. The van der Waals surface area contributed by atoms with E-state index >= 15 is 0 Å². The largest absolute Gasteiger partial charge is 0.469 e. The third-order valence-electron chi connectivity index (χ3n) is 1.89. The van der Waals surface area contributed by atoms with E-state index in [0.29, 0.717) is 0 Å². The Hall–Kier alpha value is -2.03. The van der Waals surface area contributed by atoms with Gasteiger partial charge in [-0.25, -0.2) is 13.8 Å². The average molecular weight is 226 g/mol. The van der Waals surface area contributed by atoms with Crippen molar-refractivity contribution in [2.24, 2.45) is 0 Å². The van der Waals surface area contributed by atoms with Crippen molar-refractivity contribution in [2.75, 3.05) is 7.11 Å². The third kappa shape index (κ3) is 2.73. The molecule has 0 unspecified atom stereocenters. The summed E-state index contributed by atoms with van der Waals surface area (Å²) in [5.41, 5.74) is -0.382. The summed E-state index contributed by atoms with van der Waals surface area (Å²) in [6.45, 7) is 0. The van der Waals surface area contributed by atoms with Crippen molar-refractivity contribution in [3.8, 4) is 6.07 Å². The molecule has 0 aliphatic rings. The van der Waals surface area contributed by atoms with Crippen LogP contribution in [0.25, 0.3) is 0 Å². The highest BCUT2D eigenvalue weighted by molar-refractivity contribution is 5.73. The van der Waals surface area contributed by atoms with Gasteiger partial charge in [0.05, 0.1) is 13.5 Å². The number of esters is 1. The van der Waals surface area contributed by atoms with Crippen molar-refractivity contribution in [3.63, 3.8) is 0 Å². The van der Waals surface area contributed by atoms with Gasteiger partial charge in [0, 0.05) is 0 Å². The lowest BCUT2D eigenvalue weighted by Crippen LogP contribution is -2.08. The first-order valence-corrected chi connectivity index (χ1v) is 4.33. The molecule has 16 heavy (non-hydrogen) atoms. The van der Waals surface area contributed by atoms with Crippen LogP contribution in [0.3, 0.4) is 0 Å². The van der Waals surface area contributed by atoms with Crippen molar-refractivity contribution >= 4 is 5.97 Å². The van der Waals surface area contributed by atoms with Crippen molar-refractivity contribution < 1.29 is 18.3 Å². The number of halogens is 2. The molecule has 0 aromatic carbocycles. The summed E-state index contributed by atoms with van der Waals surface area (Å²) in [4.78, 5) is 14.4. The van der Waals surface area contributed by atoms with E-state index in [0.717, 1.165) is 6.07 Å². The van der Waals surface area contributed by atoms with E-state index in [4.69, 9.17) is 5.26 Å². The molecule has 6 heteroatoms. The van der Waals surface area contributed by atoms with Gasteiger partial charge in [-0.15, -0.1) is 0 Å². The fourth-order valence-corrected chi connectivity index (χ4v) is 1.09. The van der Waals surface area contributed by atoms with Crippen molar-refractivity contribution in [2.45, 2.75) is 12.8 Å². The van der Waals surface area contributed by atoms with Crippen LogP contribution in [0.4, 0.5) is 8.78 Å². The molecule has 84 valence electrons. The van der Waals surface area contributed by atoms with E-state index in [1.54, 1.807) is 6.07 Å². The van der Waals surface area contributed by atoms with E-state index in [2.05, 4.69) is 9.72 Å². The maximum absolute atomic E-state index is 12.3. The van der Waals surface area contributed by atoms with Gasteiger partial charge in [0.15, 0.2) is 0 Å². The summed E-state index contributed by atoms with van der Waals surface area (Å²) in [5, 5.41) is 8.70. The van der Waals surface area contributed by atoms with Gasteiger partial charge in [-0.2, -0.15) is 5.26 Å². The first-order valence-electron chi connectivity index (χ1n) is 4.33. The molecule has 0 amide bonds. The summed E-state index contributed by atoms with van der Waals surface area (Å²) in [6, 6.07) is 4.04. The number of hydrogen-bond donors (Lipinski definition) is 0. The molecule has 0 atom stereocenters. The molecule has 0 radical (unpaired) electrons. The van der Waals surface area contributed by atoms with Gasteiger partial charge in [0.1, 0.15) is 17.5 Å². The minimum Gasteiger partial charge on any atom is -0.469 e. The number of carbonyl (C=O) groups excluding carboxylic acids is 1. The van der Waals surface area contributed by atoms with Gasteiger partial charge in [-0.05, 0) is 11.6 Å². The summed E-state index contributed by atoms with van der Waals surface area (Å²) in [6.07, 6.45) is -2.89. The fourth-order valence-electron chi connectivity index (χ4n) is 1.09. The van der Waals surface area contributed by atoms with Gasteiger partial charge in [0.25, 0.3) is 6.43 Å². The van der Waals surface area contributed by atoms with Crippen LogP contribution in [0.5, 0.6) is 0 Å². The van der Waals surface area contributed by atoms with E-state index in [1.807, 2.05) is 0 Å². The number of ether oxygens (including phenoxy) is 1. The molecular weight excluding hydrogens is 218 g/mol. The fraction of sp³-hybridized carbons (Fsp3) is 0.300. The number of hydrogen-bond acceptors (Lipinski definition) is 4. The van der Waals surface area contributed by atoms with Crippen molar-refractivity contribution in [3.05, 3.63) is 29.1 Å². The summed E-state index contributed by atoms with van der Waals surface area (Å²) in [5.74, 6) is -0.553. The molecule has 1 aromatic rings. The molecule has 0 spiro atoms. The molecule has 0 fully saturated rings. The second kappa shape index (κ2) is 5.16. The van der Waals surface area contributed by atoms with E-state index in [9.17, 15) is 13.6 Å². The maximum Gasteiger partial charge on any atom is 0.310 e. The summed E-state index contributed by atoms with van der Waals surface area (Å²) in [7, 11) is 1.20. The number of nitrogens with zero attached hydrogens (tertiary/aromatic N) is 2. The topological polar surface area (TPSA) is 63.0 Å². The van der Waals surface area contributed by atoms with Crippen LogP contribution >= 0.6 is 0 Å². The van der Waals surface area contributed by atoms with Gasteiger partial charge in [0.2, 0.25) is 0 Å². The first kappa shape index (κ1) is 12.0. The van der Waals surface area contributed by atoms with Crippen molar-refractivity contribution in [1.82, 2.24) is 4.98 Å². The molecule has 4 nitrogen and oxygen atoms in total. The molecule has 0 saturated carbocycles. The molecule has 0 saturated heterocycles. The normalized spacial score (nSPS) is 9.94. The zero-order valence-electron chi connectivity index (χ0n) is 8.41. The highest BCUT2D eigenvalue weighted by atomic mass is 19.3. The highest BCUT2D eigenvalue weighted by Gasteiger charge is 2.14. The maximum atomic E-state index is 12.3. The Morgan fingerprint density at radius 2 is 2.31 bits per heavy atom. The molecule has 0 N–H and O–H groups in total. The highest BCUT2D eigenvalue weighted by Crippen LogP contribution is 2.18. The minimum atomic E-state index is -2.74. The number of carbonyl (C=O) groups is 1. The van der Waals surface area contributed by atoms with Crippen LogP contribution in [-0.4, -0.2) is 18.1 Å². The van der Waals surface area contributed by atoms with E-state index in [1.165, 1.54) is 13.2 Å². The lowest BCUT2D eigenvalue weighted by atomic mass is 10.1. The second-order valence-corrected chi connectivity index (χ2v) is 2.91. The van der Waals surface area contributed by atoms with E-state index in [-0.39, 0.29) is 17.7 Å². The minimum absolute atomic E-state index is 0.157. The number of pyridine rings is 1. The number of aromatic nitrogens is 1. The second-order valence-electron chi connectivity index (χ2n) is 2.91. The number of methoxy groups -OCH3 is 1. The molecular formula is C10H8F2N2O2. The number of nitriles is 1. The number of rotatable bonds is 3. The predicted octanol–water partition coefficient (Wildman–Crippen LogP) is 1.61. The van der Waals surface area contributed by atoms with Crippen LogP contribution < -0.4 is 0 Å². The molecule has 1 rings (SSSR count). The standard InChI is InChI=1S/C10H8F2N2O2/c1-16-9(15)4-6-2-3-7(10(11)12)14-8(6)5-13/h2-3,10H,4H2,1H3. The molecule has 0 bridgehead atoms. The molecule has 0 aliphatic heterocycles. The van der Waals surface area contributed by atoms with Gasteiger partial charge in [-0.1, -0.05) is 6.07 Å². The Morgan fingerprint density at radius 3 is 2.81 bits per heavy atom. The Labute approximate surface area is 90.5 Å². The number of alkyl halides is 2. The summed E-state index contributed by atoms with van der Waals surface area (Å²) >= 11 is 0. The molecule has 1 heterocycles. The third-order valence-corrected chi connectivity index (χ3v) is 1.89. The Bertz CT molecular complexity index is 441. The zero-order chi connectivity index (χ0) is 12.1. The monoisotopic (exact) mass is 226 g/mol. The van der Waals surface area contributed by atoms with Crippen LogP contribution in [0.1, 0.15) is 23.4 Å². The molecule has 0 aliphatic carbocycles. The first-order chi connectivity index (χ1) is 7.58. The van der Waals surface area contributed by atoms with Crippen LogP contribution in [0.15, 0.2) is 12.1 Å². The smallest absolute Gasteiger partial charge is 0.310 e. The predicted molar refractivity (Wildman–Crippen MR) is 49.6 cm³/mol. The summed E-state index contributed by atoms with van der Waals surface area (Å²) < 4.78 is 29.0. The zero-order valence-corrected chi connectivity index (χ0v) is 8.41. The Morgan fingerprint density at radius 1 is 1.62 bits per heavy atom. The van der Waals surface area contributed by atoms with Gasteiger partial charge in [-0.3, -0.25) is 4.79 Å². The van der Waals surface area contributed by atoms with Gasteiger partial charge >= 0.3 is 5.97 Å². The van der Waals surface area contributed by atoms with E-state index < -0.39 is 18.1 Å². The lowest BCUT2D eigenvalue weighted by Gasteiger charge is -2.04. The quantitative estimate of drug-likeness (QED) is 0.734. The molecule has 1 aromatic heterocycles. The van der Waals surface area contributed by atoms with Crippen LogP contribution in [0, 0.1) is 11.3 Å². The SMILES string of the molecule is COC(=O)Cc1ccc(C(F)F)nc1C#N. The van der Waals surface area contributed by atoms with Crippen molar-refractivity contribution in [1.29, 1.82) is 5.26 Å². The Kier molecular flexibility index (Phi) is 3.89. The van der Waals surface area contributed by atoms with Crippen LogP contribution in [-0.2, 0) is 16.0 Å². The Balaban J connectivity index is 3.03.